The minimum atomic E-state index is -0.369. The van der Waals surface area contributed by atoms with Crippen molar-refractivity contribution in [3.05, 3.63) is 0 Å². The van der Waals surface area contributed by atoms with Crippen LogP contribution < -0.4 is 11.1 Å². The van der Waals surface area contributed by atoms with Gasteiger partial charge in [-0.1, -0.05) is 32.3 Å². The summed E-state index contributed by atoms with van der Waals surface area (Å²) >= 11 is 0. The number of amides is 1. The van der Waals surface area contributed by atoms with Crippen LogP contribution in [0.15, 0.2) is 5.16 Å². The van der Waals surface area contributed by atoms with Crippen molar-refractivity contribution < 1.29 is 10.0 Å². The molecule has 0 spiro atoms. The first-order valence-corrected chi connectivity index (χ1v) is 5.31. The summed E-state index contributed by atoms with van der Waals surface area (Å²) in [7, 11) is 0. The van der Waals surface area contributed by atoms with Crippen LogP contribution in [0.1, 0.15) is 40.0 Å². The van der Waals surface area contributed by atoms with E-state index in [1.165, 1.54) is 0 Å². The van der Waals surface area contributed by atoms with Gasteiger partial charge >= 0.3 is 0 Å². The molecule has 0 saturated carbocycles. The van der Waals surface area contributed by atoms with Crippen molar-refractivity contribution in [3.63, 3.8) is 0 Å². The summed E-state index contributed by atoms with van der Waals surface area (Å²) in [6, 6.07) is -0.369. The smallest absolute Gasteiger partial charge is 0.220 e. The molecule has 0 aliphatic rings. The van der Waals surface area contributed by atoms with E-state index >= 15 is 0 Å². The van der Waals surface area contributed by atoms with Gasteiger partial charge < -0.3 is 16.3 Å². The predicted octanol–water partition coefficient (Wildman–Crippen LogP) is 1.06. The number of hydrogen-bond acceptors (Lipinski definition) is 3. The number of nitrogens with zero attached hydrogens (tertiary/aromatic N) is 1. The van der Waals surface area contributed by atoms with E-state index in [0.29, 0.717) is 18.8 Å². The van der Waals surface area contributed by atoms with Crippen LogP contribution in [0.2, 0.25) is 0 Å². The van der Waals surface area contributed by atoms with E-state index in [1.54, 1.807) is 0 Å². The van der Waals surface area contributed by atoms with E-state index in [4.69, 9.17) is 10.9 Å². The van der Waals surface area contributed by atoms with Gasteiger partial charge in [0.2, 0.25) is 5.91 Å². The molecule has 0 aliphatic heterocycles. The maximum absolute atomic E-state index is 11.5. The first-order valence-electron chi connectivity index (χ1n) is 5.31. The van der Waals surface area contributed by atoms with Gasteiger partial charge in [0.05, 0.1) is 6.04 Å². The lowest BCUT2D eigenvalue weighted by Gasteiger charge is -2.16. The van der Waals surface area contributed by atoms with Crippen LogP contribution in [0, 0.1) is 5.92 Å². The molecule has 1 amide bonds. The molecule has 88 valence electrons. The highest BCUT2D eigenvalue weighted by Gasteiger charge is 2.15. The van der Waals surface area contributed by atoms with Crippen LogP contribution in [0.5, 0.6) is 0 Å². The average molecular weight is 215 g/mol. The molecule has 5 nitrogen and oxygen atoms in total. The van der Waals surface area contributed by atoms with E-state index in [-0.39, 0.29) is 17.8 Å². The lowest BCUT2D eigenvalue weighted by molar-refractivity contribution is -0.122. The fraction of sp³-hybridized carbons (Fsp3) is 0.800. The summed E-state index contributed by atoms with van der Waals surface area (Å²) in [6.07, 6.45) is 2.06. The second kappa shape index (κ2) is 7.09. The zero-order valence-electron chi connectivity index (χ0n) is 9.66. The quantitative estimate of drug-likeness (QED) is 0.268. The maximum atomic E-state index is 11.5. The number of nitrogens with two attached hydrogens (primary N) is 1. The summed E-state index contributed by atoms with van der Waals surface area (Å²) in [4.78, 5) is 11.5. The highest BCUT2D eigenvalue weighted by atomic mass is 16.4. The number of nitrogens with one attached hydrogen (secondary N) is 1. The van der Waals surface area contributed by atoms with Crippen molar-refractivity contribution in [2.45, 2.75) is 46.1 Å². The molecular weight excluding hydrogens is 194 g/mol. The Balaban J connectivity index is 4.13. The molecule has 15 heavy (non-hydrogen) atoms. The van der Waals surface area contributed by atoms with Crippen LogP contribution in [-0.4, -0.2) is 23.0 Å². The van der Waals surface area contributed by atoms with Crippen LogP contribution in [0.25, 0.3) is 0 Å². The van der Waals surface area contributed by atoms with E-state index < -0.39 is 0 Å². The van der Waals surface area contributed by atoms with E-state index in [2.05, 4.69) is 10.5 Å². The molecule has 5 heteroatoms. The second-order valence-electron chi connectivity index (χ2n) is 3.77. The Kier molecular flexibility index (Phi) is 6.49. The van der Waals surface area contributed by atoms with Crippen molar-refractivity contribution in [2.24, 2.45) is 16.8 Å². The third-order valence-electron chi connectivity index (χ3n) is 2.45. The minimum Gasteiger partial charge on any atom is -0.409 e. The third-order valence-corrected chi connectivity index (χ3v) is 2.45. The van der Waals surface area contributed by atoms with Crippen LogP contribution in [-0.2, 0) is 4.79 Å². The summed E-state index contributed by atoms with van der Waals surface area (Å²) < 4.78 is 0. The number of hydrogen-bond donors (Lipinski definition) is 3. The molecule has 2 unspecified atom stereocenters. The average Bonchev–Trinajstić information content (AvgIpc) is 2.24. The molecule has 0 aromatic rings. The van der Waals surface area contributed by atoms with Crippen LogP contribution >= 0.6 is 0 Å². The summed E-state index contributed by atoms with van der Waals surface area (Å²) in [5.41, 5.74) is 5.42. The van der Waals surface area contributed by atoms with E-state index in [9.17, 15) is 4.79 Å². The lowest BCUT2D eigenvalue weighted by Crippen LogP contribution is -2.44. The van der Waals surface area contributed by atoms with Gasteiger partial charge in [-0.3, -0.25) is 4.79 Å². The van der Waals surface area contributed by atoms with E-state index in [0.717, 1.165) is 6.42 Å². The Hall–Kier alpha value is -1.26. The van der Waals surface area contributed by atoms with Gasteiger partial charge in [0.15, 0.2) is 5.84 Å². The molecule has 0 radical (unpaired) electrons. The van der Waals surface area contributed by atoms with Crippen molar-refractivity contribution in [1.82, 2.24) is 5.32 Å². The van der Waals surface area contributed by atoms with Gasteiger partial charge in [0, 0.05) is 6.42 Å². The number of oxime groups is 1. The molecule has 0 aromatic carbocycles. The molecule has 0 aromatic heterocycles. The van der Waals surface area contributed by atoms with Gasteiger partial charge in [-0.2, -0.15) is 0 Å². The number of carbonyl (C=O) groups excluding carboxylic acids is 1. The summed E-state index contributed by atoms with van der Waals surface area (Å²) in [5.74, 6) is 0.354. The molecule has 0 heterocycles. The van der Waals surface area contributed by atoms with Crippen molar-refractivity contribution in [2.75, 3.05) is 0 Å². The second-order valence-corrected chi connectivity index (χ2v) is 3.77. The fourth-order valence-electron chi connectivity index (χ4n) is 1.17. The summed E-state index contributed by atoms with van der Waals surface area (Å²) in [5, 5.41) is 14.1. The highest BCUT2D eigenvalue weighted by molar-refractivity contribution is 5.89. The number of carbonyl (C=O) groups is 1. The lowest BCUT2D eigenvalue weighted by atomic mass is 10.0. The molecular formula is C10H21N3O2. The summed E-state index contributed by atoms with van der Waals surface area (Å²) in [6.45, 7) is 5.93. The Bertz CT molecular complexity index is 229. The zero-order chi connectivity index (χ0) is 11.8. The van der Waals surface area contributed by atoms with Crippen LogP contribution in [0.4, 0.5) is 0 Å². The Morgan fingerprint density at radius 3 is 2.47 bits per heavy atom. The SMILES string of the molecule is CCC(C)CC(=O)NC(CC)C(N)=NO. The molecule has 0 bridgehead atoms. The topological polar surface area (TPSA) is 87.7 Å². The first kappa shape index (κ1) is 13.7. The van der Waals surface area contributed by atoms with Gasteiger partial charge in [0.25, 0.3) is 0 Å². The van der Waals surface area contributed by atoms with Crippen molar-refractivity contribution in [1.29, 1.82) is 0 Å². The molecule has 0 aliphatic carbocycles. The van der Waals surface area contributed by atoms with Crippen molar-refractivity contribution in [3.8, 4) is 0 Å². The molecule has 4 N–H and O–H groups in total. The highest BCUT2D eigenvalue weighted by Crippen LogP contribution is 2.06. The third kappa shape index (κ3) is 5.24. The number of rotatable bonds is 6. The maximum Gasteiger partial charge on any atom is 0.220 e. The Labute approximate surface area is 90.7 Å². The van der Waals surface area contributed by atoms with Gasteiger partial charge in [-0.05, 0) is 12.3 Å². The minimum absolute atomic E-state index is 0.0509. The van der Waals surface area contributed by atoms with Gasteiger partial charge in [0.1, 0.15) is 0 Å². The predicted molar refractivity (Wildman–Crippen MR) is 59.7 cm³/mol. The fourth-order valence-corrected chi connectivity index (χ4v) is 1.17. The monoisotopic (exact) mass is 215 g/mol. The van der Waals surface area contributed by atoms with E-state index in [1.807, 2.05) is 20.8 Å². The van der Waals surface area contributed by atoms with Crippen molar-refractivity contribution >= 4 is 11.7 Å². The first-order chi connectivity index (χ1) is 7.04. The molecule has 0 rings (SSSR count). The normalized spacial score (nSPS) is 15.8. The van der Waals surface area contributed by atoms with Gasteiger partial charge in [-0.15, -0.1) is 0 Å². The van der Waals surface area contributed by atoms with Gasteiger partial charge in [-0.25, -0.2) is 0 Å². The Morgan fingerprint density at radius 2 is 2.07 bits per heavy atom. The number of amidine groups is 1. The Morgan fingerprint density at radius 1 is 1.47 bits per heavy atom. The zero-order valence-corrected chi connectivity index (χ0v) is 9.66. The molecule has 0 saturated heterocycles. The van der Waals surface area contributed by atoms with Crippen LogP contribution in [0.3, 0.4) is 0 Å². The molecule has 0 fully saturated rings. The standard InChI is InChI=1S/C10H21N3O2/c1-4-7(3)6-9(14)12-8(5-2)10(11)13-15/h7-8,15H,4-6H2,1-3H3,(H2,11,13)(H,12,14). The molecule has 2 atom stereocenters. The largest absolute Gasteiger partial charge is 0.409 e.